The second kappa shape index (κ2) is 5.87. The first kappa shape index (κ1) is 15.5. The van der Waals surface area contributed by atoms with Gasteiger partial charge in [0.1, 0.15) is 5.82 Å². The van der Waals surface area contributed by atoms with E-state index in [-0.39, 0.29) is 11.6 Å². The van der Waals surface area contributed by atoms with Crippen molar-refractivity contribution in [2.45, 2.75) is 25.4 Å². The Morgan fingerprint density at radius 3 is 2.62 bits per heavy atom. The second-order valence-corrected chi connectivity index (χ2v) is 6.80. The van der Waals surface area contributed by atoms with Crippen molar-refractivity contribution in [1.82, 2.24) is 13.9 Å². The number of aryl methyl sites for hydroxylation is 2. The van der Waals surface area contributed by atoms with Gasteiger partial charge in [0.05, 0.1) is 0 Å². The van der Waals surface area contributed by atoms with Crippen LogP contribution in [0.2, 0.25) is 0 Å². The number of rotatable bonds is 5. The van der Waals surface area contributed by atoms with E-state index in [9.17, 15) is 8.42 Å². The van der Waals surface area contributed by atoms with Crippen LogP contribution in [0.3, 0.4) is 0 Å². The molecule has 6 nitrogen and oxygen atoms in total. The fourth-order valence-electron chi connectivity index (χ4n) is 2.04. The maximum atomic E-state index is 12.6. The van der Waals surface area contributed by atoms with Gasteiger partial charge in [-0.3, -0.25) is 0 Å². The van der Waals surface area contributed by atoms with Gasteiger partial charge in [-0.2, -0.15) is 4.31 Å². The van der Waals surface area contributed by atoms with E-state index in [1.54, 1.807) is 37.6 Å². The molecule has 21 heavy (non-hydrogen) atoms. The number of nitrogens with zero attached hydrogens (tertiary/aromatic N) is 3. The molecule has 2 N–H and O–H groups in total. The van der Waals surface area contributed by atoms with Crippen LogP contribution in [0, 0.1) is 6.92 Å². The molecule has 0 radical (unpaired) electrons. The largest absolute Gasteiger partial charge is 0.399 e. The smallest absolute Gasteiger partial charge is 0.262 e. The summed E-state index contributed by atoms with van der Waals surface area (Å²) >= 11 is 0. The monoisotopic (exact) mass is 308 g/mol. The third-order valence-electron chi connectivity index (χ3n) is 3.35. The number of nitrogens with two attached hydrogens (primary N) is 1. The fraction of sp³-hybridized carbons (Fsp3) is 0.357. The number of anilines is 1. The molecular weight excluding hydrogens is 288 g/mol. The van der Waals surface area contributed by atoms with E-state index in [1.165, 1.54) is 10.5 Å². The van der Waals surface area contributed by atoms with Crippen LogP contribution in [0.4, 0.5) is 5.69 Å². The molecular formula is C14H20N4O2S. The van der Waals surface area contributed by atoms with Crippen molar-refractivity contribution in [3.8, 4) is 0 Å². The van der Waals surface area contributed by atoms with Gasteiger partial charge in [-0.25, -0.2) is 13.4 Å². The molecule has 0 atom stereocenters. The molecule has 0 saturated carbocycles. The fourth-order valence-corrected chi connectivity index (χ4v) is 3.51. The van der Waals surface area contributed by atoms with Crippen LogP contribution < -0.4 is 5.73 Å². The zero-order chi connectivity index (χ0) is 15.6. The van der Waals surface area contributed by atoms with Gasteiger partial charge in [0.25, 0.3) is 10.0 Å². The van der Waals surface area contributed by atoms with Gasteiger partial charge in [-0.1, -0.05) is 19.1 Å². The SMILES string of the molecule is CCN(Cc1cccc(N)c1)S(=O)(=O)c1cn(C)c(C)n1. The first-order chi connectivity index (χ1) is 9.84. The normalized spacial score (nSPS) is 12.0. The molecule has 0 saturated heterocycles. The summed E-state index contributed by atoms with van der Waals surface area (Å²) in [6, 6.07) is 7.23. The lowest BCUT2D eigenvalue weighted by molar-refractivity contribution is 0.421. The summed E-state index contributed by atoms with van der Waals surface area (Å²) in [6.07, 6.45) is 1.53. The zero-order valence-corrected chi connectivity index (χ0v) is 13.3. The van der Waals surface area contributed by atoms with E-state index < -0.39 is 10.0 Å². The van der Waals surface area contributed by atoms with Crippen molar-refractivity contribution < 1.29 is 8.42 Å². The lowest BCUT2D eigenvalue weighted by Gasteiger charge is -2.19. The van der Waals surface area contributed by atoms with Crippen LogP contribution in [0.5, 0.6) is 0 Å². The van der Waals surface area contributed by atoms with Crippen molar-refractivity contribution in [3.63, 3.8) is 0 Å². The number of benzene rings is 1. The maximum Gasteiger partial charge on any atom is 0.262 e. The van der Waals surface area contributed by atoms with Crippen molar-refractivity contribution in [2.75, 3.05) is 12.3 Å². The summed E-state index contributed by atoms with van der Waals surface area (Å²) in [5.74, 6) is 0.661. The number of imidazole rings is 1. The highest BCUT2D eigenvalue weighted by Crippen LogP contribution is 2.18. The Labute approximate surface area is 125 Å². The molecule has 0 spiro atoms. The molecule has 0 aliphatic heterocycles. The molecule has 0 bridgehead atoms. The molecule has 114 valence electrons. The zero-order valence-electron chi connectivity index (χ0n) is 12.4. The molecule has 7 heteroatoms. The van der Waals surface area contributed by atoms with Crippen LogP contribution in [0.15, 0.2) is 35.5 Å². The first-order valence-electron chi connectivity index (χ1n) is 6.69. The third-order valence-corrected chi connectivity index (χ3v) is 5.15. The van der Waals surface area contributed by atoms with Crippen molar-refractivity contribution in [1.29, 1.82) is 0 Å². The Morgan fingerprint density at radius 1 is 1.38 bits per heavy atom. The highest BCUT2D eigenvalue weighted by molar-refractivity contribution is 7.89. The van der Waals surface area contributed by atoms with Gasteiger partial charge in [0, 0.05) is 32.0 Å². The van der Waals surface area contributed by atoms with Crippen molar-refractivity contribution >= 4 is 15.7 Å². The molecule has 2 rings (SSSR count). The summed E-state index contributed by atoms with van der Waals surface area (Å²) in [7, 11) is -1.83. The Hall–Kier alpha value is -1.86. The minimum absolute atomic E-state index is 0.0771. The van der Waals surface area contributed by atoms with Crippen molar-refractivity contribution in [3.05, 3.63) is 41.9 Å². The summed E-state index contributed by atoms with van der Waals surface area (Å²) in [6.45, 7) is 4.22. The van der Waals surface area contributed by atoms with Crippen LogP contribution in [0.1, 0.15) is 18.3 Å². The molecule has 1 aromatic heterocycles. The molecule has 0 unspecified atom stereocenters. The van der Waals surface area contributed by atoms with Gasteiger partial charge in [0.2, 0.25) is 0 Å². The Morgan fingerprint density at radius 2 is 2.10 bits per heavy atom. The Kier molecular flexibility index (Phi) is 4.34. The number of sulfonamides is 1. The van der Waals surface area contributed by atoms with Gasteiger partial charge < -0.3 is 10.3 Å². The van der Waals surface area contributed by atoms with E-state index in [4.69, 9.17) is 5.73 Å². The van der Waals surface area contributed by atoms with Gasteiger partial charge in [-0.05, 0) is 24.6 Å². The number of aromatic nitrogens is 2. The number of hydrogen-bond donors (Lipinski definition) is 1. The highest BCUT2D eigenvalue weighted by Gasteiger charge is 2.26. The number of nitrogen functional groups attached to an aromatic ring is 1. The van der Waals surface area contributed by atoms with Gasteiger partial charge in [-0.15, -0.1) is 0 Å². The predicted octanol–water partition coefficient (Wildman–Crippen LogP) is 1.52. The third kappa shape index (κ3) is 3.25. The topological polar surface area (TPSA) is 81.2 Å². The minimum atomic E-state index is -3.60. The van der Waals surface area contributed by atoms with Crippen LogP contribution in [-0.4, -0.2) is 28.8 Å². The predicted molar refractivity (Wildman–Crippen MR) is 82.1 cm³/mol. The van der Waals surface area contributed by atoms with Gasteiger partial charge in [0.15, 0.2) is 5.03 Å². The number of hydrogen-bond acceptors (Lipinski definition) is 4. The Balaban J connectivity index is 2.31. The van der Waals surface area contributed by atoms with Crippen LogP contribution in [-0.2, 0) is 23.6 Å². The summed E-state index contributed by atoms with van der Waals surface area (Å²) in [4.78, 5) is 4.12. The van der Waals surface area contributed by atoms with Crippen molar-refractivity contribution in [2.24, 2.45) is 7.05 Å². The van der Waals surface area contributed by atoms with E-state index in [1.807, 2.05) is 12.1 Å². The lowest BCUT2D eigenvalue weighted by atomic mass is 10.2. The summed E-state index contributed by atoms with van der Waals surface area (Å²) < 4.78 is 28.4. The molecule has 0 amide bonds. The van der Waals surface area contributed by atoms with Crippen LogP contribution in [0.25, 0.3) is 0 Å². The molecule has 0 fully saturated rings. The quantitative estimate of drug-likeness (QED) is 0.849. The molecule has 0 aliphatic rings. The van der Waals surface area contributed by atoms with E-state index >= 15 is 0 Å². The molecule has 1 heterocycles. The summed E-state index contributed by atoms with van der Waals surface area (Å²) in [5, 5.41) is 0.0771. The standard InChI is InChI=1S/C14H20N4O2S/c1-4-18(9-12-6-5-7-13(15)8-12)21(19,20)14-10-17(3)11(2)16-14/h5-8,10H,4,9,15H2,1-3H3. The first-order valence-corrected chi connectivity index (χ1v) is 8.13. The molecule has 0 aliphatic carbocycles. The maximum absolute atomic E-state index is 12.6. The average Bonchev–Trinajstić information content (AvgIpc) is 2.76. The molecule has 2 aromatic rings. The minimum Gasteiger partial charge on any atom is -0.399 e. The Bertz CT molecular complexity index is 718. The van der Waals surface area contributed by atoms with E-state index in [0.29, 0.717) is 18.1 Å². The van der Waals surface area contributed by atoms with E-state index in [2.05, 4.69) is 4.98 Å². The van der Waals surface area contributed by atoms with Crippen LogP contribution >= 0.6 is 0 Å². The lowest BCUT2D eigenvalue weighted by Crippen LogP contribution is -2.30. The molecule has 1 aromatic carbocycles. The summed E-state index contributed by atoms with van der Waals surface area (Å²) in [5.41, 5.74) is 7.21. The van der Waals surface area contributed by atoms with Gasteiger partial charge >= 0.3 is 0 Å². The highest BCUT2D eigenvalue weighted by atomic mass is 32.2. The second-order valence-electron chi connectivity index (χ2n) is 4.91. The average molecular weight is 308 g/mol. The van der Waals surface area contributed by atoms with E-state index in [0.717, 1.165) is 5.56 Å².